The quantitative estimate of drug-likeness (QED) is 0.133. The summed E-state index contributed by atoms with van der Waals surface area (Å²) >= 11 is 6.87. The first-order valence-electron chi connectivity index (χ1n) is 18.2. The van der Waals surface area contributed by atoms with Gasteiger partial charge in [-0.2, -0.15) is 17.5 Å². The van der Waals surface area contributed by atoms with Crippen molar-refractivity contribution in [3.8, 4) is 11.1 Å². The number of nitrogens with one attached hydrogen (secondary N) is 1. The zero-order valence-electron chi connectivity index (χ0n) is 30.1. The van der Waals surface area contributed by atoms with Crippen molar-refractivity contribution in [2.45, 2.75) is 12.0 Å². The van der Waals surface area contributed by atoms with E-state index in [0.717, 1.165) is 66.6 Å². The molecule has 9 nitrogen and oxygen atoms in total. The van der Waals surface area contributed by atoms with E-state index < -0.39 is 0 Å². The molecule has 270 valence electrons. The first-order valence-corrected chi connectivity index (χ1v) is 20.1. The average molecular weight is 782 g/mol. The molecule has 2 aliphatic carbocycles. The fourth-order valence-electron chi connectivity index (χ4n) is 8.79. The molecule has 0 fully saturated rings. The summed E-state index contributed by atoms with van der Waals surface area (Å²) in [6, 6.07) is 32.0. The molecule has 0 saturated heterocycles. The lowest BCUT2D eigenvalue weighted by Gasteiger charge is -2.31. The number of anilines is 3. The third-order valence-electron chi connectivity index (χ3n) is 11.5. The Bertz CT molecular complexity index is 3140. The van der Waals surface area contributed by atoms with Gasteiger partial charge in [-0.1, -0.05) is 60.7 Å². The van der Waals surface area contributed by atoms with Crippen molar-refractivity contribution >= 4 is 114 Å². The molecule has 11 rings (SSSR count). The van der Waals surface area contributed by atoms with Crippen LogP contribution in [0.2, 0.25) is 0 Å². The Morgan fingerprint density at radius 2 is 1.52 bits per heavy atom. The van der Waals surface area contributed by atoms with Crippen LogP contribution in [-0.2, 0) is 7.05 Å². The number of fused-ring (bicyclic) bond motifs is 8. The van der Waals surface area contributed by atoms with E-state index in [1.165, 1.54) is 45.6 Å². The van der Waals surface area contributed by atoms with Crippen LogP contribution in [0.25, 0.3) is 60.6 Å². The zero-order chi connectivity index (χ0) is 37.7. The van der Waals surface area contributed by atoms with Gasteiger partial charge >= 0.3 is 0 Å². The summed E-state index contributed by atoms with van der Waals surface area (Å²) in [5.41, 5.74) is 14.7. The summed E-state index contributed by atoms with van der Waals surface area (Å²) in [6.45, 7) is 0. The van der Waals surface area contributed by atoms with Gasteiger partial charge in [-0.15, -0.1) is 0 Å². The lowest BCUT2D eigenvalue weighted by molar-refractivity contribution is 0.723. The monoisotopic (exact) mass is 781 g/mol. The standard InChI is InChI=1S/C44H31N9S3/c1-51-33-11-5-3-8-28(33)30-22-24(14-18-35(30)51)26-16-20-38(43(46-54)40(26)45)53(37-13-7-10-32-42(37)49-55-47-32)39-21-17-27(41-44(39)50-56-48-41)25-15-19-36-31(23-25)29-9-4-6-12-34(29)52(36)2/h3-23,29,34,45,54H,1-2H3/b45-40?,46-43-. The number of hydrogen-bond donors (Lipinski definition) is 2. The van der Waals surface area contributed by atoms with Crippen LogP contribution < -0.4 is 9.80 Å². The minimum Gasteiger partial charge on any atom is -0.367 e. The van der Waals surface area contributed by atoms with Crippen molar-refractivity contribution < 1.29 is 0 Å². The summed E-state index contributed by atoms with van der Waals surface area (Å²) in [5.74, 6) is 0.297. The third kappa shape index (κ3) is 4.79. The fourth-order valence-corrected chi connectivity index (χ4v) is 10.1. The molecular formula is C44H31N9S3. The minimum atomic E-state index is 0.267. The Labute approximate surface area is 335 Å². The Kier molecular flexibility index (Phi) is 7.50. The molecule has 2 unspecified atom stereocenters. The van der Waals surface area contributed by atoms with Gasteiger partial charge in [-0.05, 0) is 96.3 Å². The molecule has 3 aliphatic rings. The van der Waals surface area contributed by atoms with Gasteiger partial charge in [0.25, 0.3) is 0 Å². The van der Waals surface area contributed by atoms with Gasteiger partial charge in [0.2, 0.25) is 0 Å². The number of aromatic nitrogens is 5. The molecule has 0 amide bonds. The van der Waals surface area contributed by atoms with Crippen LogP contribution in [0.4, 0.5) is 17.1 Å². The Morgan fingerprint density at radius 3 is 2.43 bits per heavy atom. The molecule has 0 bridgehead atoms. The lowest BCUT2D eigenvalue weighted by atomic mass is 9.89. The predicted octanol–water partition coefficient (Wildman–Crippen LogP) is 10.5. The van der Waals surface area contributed by atoms with Crippen molar-refractivity contribution in [1.82, 2.24) is 22.1 Å². The van der Waals surface area contributed by atoms with Crippen molar-refractivity contribution in [3.63, 3.8) is 0 Å². The highest BCUT2D eigenvalue weighted by Crippen LogP contribution is 2.47. The maximum atomic E-state index is 9.63. The summed E-state index contributed by atoms with van der Waals surface area (Å²) in [5, 5.41) is 11.9. The molecule has 5 aromatic carbocycles. The SMILES string of the molecule is CN1c2ccc(-c3ccc(N(C4=CC=C(c5ccc6c(c5)c5ccccc5n6C)C(=N)/C4=N\S)c4cccc5nsnc45)c4nsnc34)cc2C2C=CC=CC21. The van der Waals surface area contributed by atoms with Crippen molar-refractivity contribution in [3.05, 3.63) is 144 Å². The van der Waals surface area contributed by atoms with E-state index in [1.807, 2.05) is 30.4 Å². The molecule has 0 spiro atoms. The molecule has 56 heavy (non-hydrogen) atoms. The van der Waals surface area contributed by atoms with Gasteiger partial charge in [0.15, 0.2) is 0 Å². The molecule has 3 aromatic heterocycles. The van der Waals surface area contributed by atoms with Gasteiger partial charge in [-0.25, -0.2) is 4.40 Å². The van der Waals surface area contributed by atoms with Crippen LogP contribution in [0, 0.1) is 5.41 Å². The fraction of sp³-hybridized carbons (Fsp3) is 0.0909. The first kappa shape index (κ1) is 33.2. The van der Waals surface area contributed by atoms with Crippen molar-refractivity contribution in [2.75, 3.05) is 16.8 Å². The molecular weight excluding hydrogens is 751 g/mol. The topological polar surface area (TPSA) is 99.2 Å². The number of nitrogens with zero attached hydrogens (tertiary/aromatic N) is 8. The Hall–Kier alpha value is -6.21. The van der Waals surface area contributed by atoms with Crippen LogP contribution >= 0.6 is 36.3 Å². The van der Waals surface area contributed by atoms with Crippen LogP contribution in [0.5, 0.6) is 0 Å². The second-order valence-corrected chi connectivity index (χ2v) is 15.5. The summed E-state index contributed by atoms with van der Waals surface area (Å²) in [4.78, 5) is 4.44. The summed E-state index contributed by atoms with van der Waals surface area (Å²) in [7, 11) is 4.26. The highest BCUT2D eigenvalue weighted by molar-refractivity contribution is 7.79. The van der Waals surface area contributed by atoms with Crippen LogP contribution in [0.1, 0.15) is 17.0 Å². The molecule has 8 aromatic rings. The van der Waals surface area contributed by atoms with Crippen molar-refractivity contribution in [1.29, 1.82) is 5.41 Å². The molecule has 2 atom stereocenters. The smallest absolute Gasteiger partial charge is 0.129 e. The summed E-state index contributed by atoms with van der Waals surface area (Å²) < 4.78 is 25.8. The highest BCUT2D eigenvalue weighted by atomic mass is 32.1. The van der Waals surface area contributed by atoms with E-state index in [2.05, 4.69) is 147 Å². The van der Waals surface area contributed by atoms with Crippen LogP contribution in [-0.4, -0.2) is 46.6 Å². The zero-order valence-corrected chi connectivity index (χ0v) is 32.6. The molecule has 1 aliphatic heterocycles. The minimum absolute atomic E-state index is 0.267. The van der Waals surface area contributed by atoms with Gasteiger partial charge in [-0.3, -0.25) is 5.41 Å². The number of thiol groups is 1. The predicted molar refractivity (Wildman–Crippen MR) is 236 cm³/mol. The van der Waals surface area contributed by atoms with Crippen LogP contribution in [0.3, 0.4) is 0 Å². The number of rotatable bonds is 5. The number of para-hydroxylation sites is 1. The molecule has 4 heterocycles. The van der Waals surface area contributed by atoms with E-state index >= 15 is 0 Å². The normalized spacial score (nSPS) is 18.4. The van der Waals surface area contributed by atoms with E-state index in [4.69, 9.17) is 13.1 Å². The Morgan fingerprint density at radius 1 is 0.732 bits per heavy atom. The largest absolute Gasteiger partial charge is 0.367 e. The van der Waals surface area contributed by atoms with Gasteiger partial charge in [0.1, 0.15) is 27.8 Å². The number of allylic oxidation sites excluding steroid dienone is 6. The maximum Gasteiger partial charge on any atom is 0.129 e. The van der Waals surface area contributed by atoms with Gasteiger partial charge in [0.05, 0.1) is 52.3 Å². The summed E-state index contributed by atoms with van der Waals surface area (Å²) in [6.07, 6.45) is 12.9. The number of likely N-dealkylation sites (N-methyl/N-ethyl adjacent to an activating group) is 1. The average Bonchev–Trinajstić information content (AvgIpc) is 4.04. The van der Waals surface area contributed by atoms with Crippen LogP contribution in [0.15, 0.2) is 138 Å². The van der Waals surface area contributed by atoms with E-state index in [9.17, 15) is 5.41 Å². The number of benzene rings is 5. The van der Waals surface area contributed by atoms with E-state index in [0.29, 0.717) is 23.4 Å². The highest BCUT2D eigenvalue weighted by Gasteiger charge is 2.35. The van der Waals surface area contributed by atoms with Gasteiger partial charge in [0, 0.05) is 58.6 Å². The molecule has 12 heteroatoms. The number of hydrogen-bond acceptors (Lipinski definition) is 11. The third-order valence-corrected chi connectivity index (χ3v) is 12.8. The molecule has 0 saturated carbocycles. The van der Waals surface area contributed by atoms with Gasteiger partial charge < -0.3 is 14.4 Å². The second kappa shape index (κ2) is 12.7. The lowest BCUT2D eigenvalue weighted by Crippen LogP contribution is -2.30. The number of aryl methyl sites for hydroxylation is 1. The first-order chi connectivity index (χ1) is 27.5. The van der Waals surface area contributed by atoms with E-state index in [1.54, 1.807) is 0 Å². The molecule has 0 radical (unpaired) electrons. The van der Waals surface area contributed by atoms with E-state index in [-0.39, 0.29) is 5.71 Å². The van der Waals surface area contributed by atoms with Crippen molar-refractivity contribution in [2.24, 2.45) is 11.4 Å². The Balaban J connectivity index is 1.08. The maximum absolute atomic E-state index is 9.63. The second-order valence-electron chi connectivity index (χ2n) is 14.3. The molecule has 1 N–H and O–H groups in total.